The lowest BCUT2D eigenvalue weighted by atomic mass is 9.88. The Bertz CT molecular complexity index is 425. The molecule has 0 amide bonds. The third-order valence-corrected chi connectivity index (χ3v) is 3.22. The first kappa shape index (κ1) is 14.1. The summed E-state index contributed by atoms with van der Waals surface area (Å²) in [5.74, 6) is -0.445. The van der Waals surface area contributed by atoms with Crippen molar-refractivity contribution in [3.63, 3.8) is 0 Å². The second-order valence-electron chi connectivity index (χ2n) is 4.61. The zero-order valence-electron chi connectivity index (χ0n) is 10.3. The second kappa shape index (κ2) is 5.36. The molecule has 106 valence electrons. The summed E-state index contributed by atoms with van der Waals surface area (Å²) in [5.41, 5.74) is -1.79. The van der Waals surface area contributed by atoms with Crippen LogP contribution in [0.4, 0.5) is 17.6 Å². The van der Waals surface area contributed by atoms with Crippen LogP contribution in [0, 0.1) is 0 Å². The number of nitrogens with one attached hydrogen (secondary N) is 1. The fourth-order valence-electron chi connectivity index (χ4n) is 2.35. The van der Waals surface area contributed by atoms with Crippen molar-refractivity contribution < 1.29 is 22.3 Å². The predicted octanol–water partition coefficient (Wildman–Crippen LogP) is 3.52. The Morgan fingerprint density at radius 3 is 2.58 bits per heavy atom. The molecule has 1 aromatic rings. The van der Waals surface area contributed by atoms with Crippen LogP contribution in [-0.2, 0) is 5.67 Å². The summed E-state index contributed by atoms with van der Waals surface area (Å²) in [6.45, 7) is 1.12. The number of halogens is 4. The lowest BCUT2D eigenvalue weighted by molar-refractivity contribution is -0.275. The van der Waals surface area contributed by atoms with E-state index in [-0.39, 0.29) is 18.4 Å². The normalized spacial score (nSPS) is 24.8. The lowest BCUT2D eigenvalue weighted by Crippen LogP contribution is -2.25. The molecule has 0 aromatic heterocycles. The van der Waals surface area contributed by atoms with Crippen LogP contribution in [0.1, 0.15) is 24.8 Å². The Hall–Kier alpha value is -1.30. The largest absolute Gasteiger partial charge is 0.573 e. The Kier molecular flexibility index (Phi) is 3.99. The lowest BCUT2D eigenvalue weighted by Gasteiger charge is -2.26. The van der Waals surface area contributed by atoms with Gasteiger partial charge < -0.3 is 10.1 Å². The molecule has 1 aliphatic rings. The Labute approximate surface area is 108 Å². The van der Waals surface area contributed by atoms with E-state index in [1.165, 1.54) is 18.2 Å². The molecule has 1 unspecified atom stereocenters. The average Bonchev–Trinajstić information content (AvgIpc) is 2.53. The van der Waals surface area contributed by atoms with Gasteiger partial charge in [0.15, 0.2) is 0 Å². The van der Waals surface area contributed by atoms with E-state index in [0.717, 1.165) is 6.07 Å². The molecule has 1 saturated heterocycles. The summed E-state index contributed by atoms with van der Waals surface area (Å²) in [7, 11) is 0. The van der Waals surface area contributed by atoms with Gasteiger partial charge in [-0.3, -0.25) is 0 Å². The average molecular weight is 277 g/mol. The maximum atomic E-state index is 14.9. The molecule has 1 heterocycles. The monoisotopic (exact) mass is 277 g/mol. The van der Waals surface area contributed by atoms with Crippen molar-refractivity contribution in [3.05, 3.63) is 29.8 Å². The van der Waals surface area contributed by atoms with Crippen LogP contribution in [0.3, 0.4) is 0 Å². The van der Waals surface area contributed by atoms with Crippen molar-refractivity contribution in [1.82, 2.24) is 5.32 Å². The molecule has 1 N–H and O–H groups in total. The molecular formula is C13H15F4NO. The third kappa shape index (κ3) is 3.59. The van der Waals surface area contributed by atoms with Crippen molar-refractivity contribution in [2.75, 3.05) is 13.1 Å². The van der Waals surface area contributed by atoms with Gasteiger partial charge in [-0.25, -0.2) is 4.39 Å². The molecule has 0 bridgehead atoms. The van der Waals surface area contributed by atoms with Gasteiger partial charge in [0, 0.05) is 5.56 Å². The highest BCUT2D eigenvalue weighted by Gasteiger charge is 2.38. The van der Waals surface area contributed by atoms with Gasteiger partial charge in [0.1, 0.15) is 11.4 Å². The number of alkyl halides is 4. The van der Waals surface area contributed by atoms with Crippen LogP contribution in [0.25, 0.3) is 0 Å². The number of ether oxygens (including phenoxy) is 1. The molecule has 0 aliphatic carbocycles. The van der Waals surface area contributed by atoms with E-state index in [9.17, 15) is 17.6 Å². The van der Waals surface area contributed by atoms with Crippen LogP contribution in [0.15, 0.2) is 24.3 Å². The SMILES string of the molecule is FC(F)(F)Oc1ccccc1C1(F)CCCNCC1. The van der Waals surface area contributed by atoms with Gasteiger partial charge in [-0.1, -0.05) is 18.2 Å². The van der Waals surface area contributed by atoms with Gasteiger partial charge in [-0.15, -0.1) is 13.2 Å². The fraction of sp³-hybridized carbons (Fsp3) is 0.538. The third-order valence-electron chi connectivity index (χ3n) is 3.22. The zero-order chi connectivity index (χ0) is 13.9. The second-order valence-corrected chi connectivity index (χ2v) is 4.61. The highest BCUT2D eigenvalue weighted by atomic mass is 19.4. The Morgan fingerprint density at radius 1 is 1.11 bits per heavy atom. The van der Waals surface area contributed by atoms with E-state index in [0.29, 0.717) is 19.5 Å². The van der Waals surface area contributed by atoms with E-state index < -0.39 is 17.8 Å². The smallest absolute Gasteiger partial charge is 0.405 e. The number of hydrogen-bond donors (Lipinski definition) is 1. The highest BCUT2D eigenvalue weighted by molar-refractivity contribution is 5.38. The number of para-hydroxylation sites is 1. The molecule has 0 radical (unpaired) electrons. The number of rotatable bonds is 2. The molecule has 19 heavy (non-hydrogen) atoms. The van der Waals surface area contributed by atoms with Crippen LogP contribution < -0.4 is 10.1 Å². The molecular weight excluding hydrogens is 262 g/mol. The Morgan fingerprint density at radius 2 is 1.84 bits per heavy atom. The molecule has 1 aliphatic heterocycles. The van der Waals surface area contributed by atoms with Crippen LogP contribution in [0.2, 0.25) is 0 Å². The summed E-state index contributed by atoms with van der Waals surface area (Å²) < 4.78 is 55.9. The minimum Gasteiger partial charge on any atom is -0.405 e. The van der Waals surface area contributed by atoms with Crippen molar-refractivity contribution >= 4 is 0 Å². The van der Waals surface area contributed by atoms with Crippen molar-refractivity contribution in [2.45, 2.75) is 31.3 Å². The first-order chi connectivity index (χ1) is 8.91. The number of hydrogen-bond acceptors (Lipinski definition) is 2. The van der Waals surface area contributed by atoms with E-state index in [4.69, 9.17) is 0 Å². The van der Waals surface area contributed by atoms with E-state index >= 15 is 0 Å². The van der Waals surface area contributed by atoms with Gasteiger partial charge in [0.05, 0.1) is 0 Å². The molecule has 0 spiro atoms. The predicted molar refractivity (Wildman–Crippen MR) is 62.6 cm³/mol. The molecule has 2 nitrogen and oxygen atoms in total. The van der Waals surface area contributed by atoms with Crippen LogP contribution in [-0.4, -0.2) is 19.5 Å². The first-order valence-electron chi connectivity index (χ1n) is 6.16. The summed E-state index contributed by atoms with van der Waals surface area (Å²) in [5, 5.41) is 3.04. The van der Waals surface area contributed by atoms with Gasteiger partial charge in [0.2, 0.25) is 0 Å². The van der Waals surface area contributed by atoms with Crippen molar-refractivity contribution in [3.8, 4) is 5.75 Å². The van der Waals surface area contributed by atoms with E-state index in [1.54, 1.807) is 0 Å². The van der Waals surface area contributed by atoms with Gasteiger partial charge in [-0.2, -0.15) is 0 Å². The minimum absolute atomic E-state index is 0.0176. The molecule has 2 rings (SSSR count). The molecule has 1 aromatic carbocycles. The summed E-state index contributed by atoms with van der Waals surface area (Å²) in [4.78, 5) is 0. The topological polar surface area (TPSA) is 21.3 Å². The highest BCUT2D eigenvalue weighted by Crippen LogP contribution is 2.41. The van der Waals surface area contributed by atoms with E-state index in [2.05, 4.69) is 10.1 Å². The summed E-state index contributed by atoms with van der Waals surface area (Å²) in [6, 6.07) is 5.45. The fourth-order valence-corrected chi connectivity index (χ4v) is 2.35. The molecule has 1 fully saturated rings. The molecule has 1 atom stereocenters. The zero-order valence-corrected chi connectivity index (χ0v) is 10.3. The summed E-state index contributed by atoms with van der Waals surface area (Å²) >= 11 is 0. The van der Waals surface area contributed by atoms with Crippen LogP contribution in [0.5, 0.6) is 5.75 Å². The van der Waals surface area contributed by atoms with Crippen LogP contribution >= 0.6 is 0 Å². The quantitative estimate of drug-likeness (QED) is 0.835. The molecule has 6 heteroatoms. The van der Waals surface area contributed by atoms with Crippen molar-refractivity contribution in [2.24, 2.45) is 0 Å². The van der Waals surface area contributed by atoms with E-state index in [1.807, 2.05) is 0 Å². The summed E-state index contributed by atoms with van der Waals surface area (Å²) in [6.07, 6.45) is -3.89. The standard InChI is InChI=1S/C13H15F4NO/c14-12(6-3-8-18-9-7-12)10-4-1-2-5-11(10)19-13(15,16)17/h1-2,4-5,18H,3,6-9H2. The first-order valence-corrected chi connectivity index (χ1v) is 6.16. The van der Waals surface area contributed by atoms with Gasteiger partial charge in [0.25, 0.3) is 0 Å². The van der Waals surface area contributed by atoms with Gasteiger partial charge >= 0.3 is 6.36 Å². The Balaban J connectivity index is 2.32. The minimum atomic E-state index is -4.81. The van der Waals surface area contributed by atoms with Gasteiger partial charge in [-0.05, 0) is 38.4 Å². The molecule has 0 saturated carbocycles. The maximum Gasteiger partial charge on any atom is 0.573 e. The van der Waals surface area contributed by atoms with Crippen molar-refractivity contribution in [1.29, 1.82) is 0 Å². The number of benzene rings is 1. The maximum absolute atomic E-state index is 14.9.